The molecule has 1 heterocycles. The van der Waals surface area contributed by atoms with Crippen LogP contribution in [0.5, 0.6) is 5.75 Å². The Morgan fingerprint density at radius 1 is 1.21 bits per heavy atom. The van der Waals surface area contributed by atoms with E-state index in [4.69, 9.17) is 21.3 Å². The highest BCUT2D eigenvalue weighted by Gasteiger charge is 2.26. The van der Waals surface area contributed by atoms with Gasteiger partial charge in [-0.05, 0) is 42.8 Å². The van der Waals surface area contributed by atoms with Gasteiger partial charge >= 0.3 is 0 Å². The predicted octanol–water partition coefficient (Wildman–Crippen LogP) is 3.54. The summed E-state index contributed by atoms with van der Waals surface area (Å²) in [6, 6.07) is 14.0. The molecule has 146 valence electrons. The zero-order valence-corrected chi connectivity index (χ0v) is 16.8. The van der Waals surface area contributed by atoms with Crippen LogP contribution in [0.2, 0.25) is 0 Å². The molecule has 0 bridgehead atoms. The Balaban J connectivity index is 2.30. The van der Waals surface area contributed by atoms with Crippen molar-refractivity contribution in [3.05, 3.63) is 64.7 Å². The minimum atomic E-state index is -0.398. The minimum Gasteiger partial charge on any atom is -0.497 e. The third-order valence-electron chi connectivity index (χ3n) is 4.79. The second-order valence-electron chi connectivity index (χ2n) is 6.39. The zero-order chi connectivity index (χ0) is 20.3. The summed E-state index contributed by atoms with van der Waals surface area (Å²) in [6.45, 7) is 1.95. The van der Waals surface area contributed by atoms with Crippen LogP contribution in [-0.2, 0) is 4.79 Å². The van der Waals surface area contributed by atoms with Crippen LogP contribution in [0, 0.1) is 0 Å². The second kappa shape index (κ2) is 8.44. The maximum Gasteiger partial charge on any atom is 0.266 e. The number of hydrogen-bond acceptors (Lipinski definition) is 4. The van der Waals surface area contributed by atoms with Crippen LogP contribution >= 0.6 is 11.6 Å². The normalized spacial score (nSPS) is 12.0. The van der Waals surface area contributed by atoms with Gasteiger partial charge < -0.3 is 9.64 Å². The average Bonchev–Trinajstić information content (AvgIpc) is 2.74. The first kappa shape index (κ1) is 19.9. The first-order valence-corrected chi connectivity index (χ1v) is 9.53. The van der Waals surface area contributed by atoms with E-state index >= 15 is 0 Å². The van der Waals surface area contributed by atoms with Crippen molar-refractivity contribution < 1.29 is 9.53 Å². The van der Waals surface area contributed by atoms with Gasteiger partial charge in [0.1, 0.15) is 17.5 Å². The molecule has 0 aliphatic heterocycles. The smallest absolute Gasteiger partial charge is 0.266 e. The number of alkyl halides is 1. The van der Waals surface area contributed by atoms with Crippen molar-refractivity contribution in [2.75, 3.05) is 20.0 Å². The van der Waals surface area contributed by atoms with Crippen molar-refractivity contribution in [3.63, 3.8) is 0 Å². The van der Waals surface area contributed by atoms with Crippen LogP contribution < -0.4 is 10.3 Å². The van der Waals surface area contributed by atoms with E-state index in [1.165, 1.54) is 0 Å². The lowest BCUT2D eigenvalue weighted by Crippen LogP contribution is -2.36. The molecule has 0 spiro atoms. The fourth-order valence-corrected chi connectivity index (χ4v) is 3.44. The van der Waals surface area contributed by atoms with Gasteiger partial charge in [0, 0.05) is 7.05 Å². The van der Waals surface area contributed by atoms with E-state index in [-0.39, 0.29) is 17.3 Å². The molecule has 3 aromatic rings. The van der Waals surface area contributed by atoms with Gasteiger partial charge in [-0.15, -0.1) is 11.6 Å². The minimum absolute atomic E-state index is 0.132. The number of fused-ring (bicyclic) bond motifs is 1. The lowest BCUT2D eigenvalue weighted by Gasteiger charge is -2.28. The first-order chi connectivity index (χ1) is 13.5. The number of carbonyl (C=O) groups is 1. The maximum atomic E-state index is 13.3. The molecule has 2 aromatic carbocycles. The van der Waals surface area contributed by atoms with Crippen LogP contribution in [0.1, 0.15) is 25.2 Å². The van der Waals surface area contributed by atoms with E-state index in [2.05, 4.69) is 0 Å². The van der Waals surface area contributed by atoms with Gasteiger partial charge in [0.05, 0.1) is 29.7 Å². The van der Waals surface area contributed by atoms with Crippen molar-refractivity contribution in [1.29, 1.82) is 0 Å². The topological polar surface area (TPSA) is 64.4 Å². The van der Waals surface area contributed by atoms with E-state index in [0.29, 0.717) is 34.6 Å². The molecule has 0 aliphatic rings. The van der Waals surface area contributed by atoms with Crippen molar-refractivity contribution in [1.82, 2.24) is 14.5 Å². The van der Waals surface area contributed by atoms with Crippen LogP contribution in [0.25, 0.3) is 16.6 Å². The van der Waals surface area contributed by atoms with E-state index < -0.39 is 6.04 Å². The molecule has 7 heteroatoms. The molecule has 1 amide bonds. The molecule has 3 rings (SSSR count). The molecule has 0 saturated carbocycles. The Kier molecular flexibility index (Phi) is 5.99. The van der Waals surface area contributed by atoms with E-state index in [1.807, 2.05) is 19.1 Å². The number of ether oxygens (including phenoxy) is 1. The lowest BCUT2D eigenvalue weighted by atomic mass is 10.1. The van der Waals surface area contributed by atoms with Gasteiger partial charge in [-0.3, -0.25) is 14.2 Å². The lowest BCUT2D eigenvalue weighted by molar-refractivity contribution is -0.129. The van der Waals surface area contributed by atoms with Gasteiger partial charge in [0.2, 0.25) is 5.91 Å². The fraction of sp³-hybridized carbons (Fsp3) is 0.286. The summed E-state index contributed by atoms with van der Waals surface area (Å²) in [5.41, 5.74) is 1.07. The number of methoxy groups -OCH3 is 1. The Hall–Kier alpha value is -2.86. The molecule has 6 nitrogen and oxygen atoms in total. The Morgan fingerprint density at radius 2 is 1.89 bits per heavy atom. The molecule has 0 radical (unpaired) electrons. The second-order valence-corrected chi connectivity index (χ2v) is 6.66. The summed E-state index contributed by atoms with van der Waals surface area (Å²) in [4.78, 5) is 31.9. The number of rotatable bonds is 6. The summed E-state index contributed by atoms with van der Waals surface area (Å²) in [6.07, 6.45) is 0.583. The van der Waals surface area contributed by atoms with E-state index in [1.54, 1.807) is 60.0 Å². The predicted molar refractivity (Wildman–Crippen MR) is 110 cm³/mol. The summed E-state index contributed by atoms with van der Waals surface area (Å²) >= 11 is 5.76. The summed E-state index contributed by atoms with van der Waals surface area (Å²) in [7, 11) is 3.27. The number of hydrogen-bond donors (Lipinski definition) is 0. The highest BCUT2D eigenvalue weighted by Crippen LogP contribution is 2.25. The van der Waals surface area contributed by atoms with E-state index in [0.717, 1.165) is 0 Å². The molecule has 1 unspecified atom stereocenters. The van der Waals surface area contributed by atoms with Gasteiger partial charge in [0.25, 0.3) is 5.56 Å². The average molecular weight is 400 g/mol. The number of amides is 1. The zero-order valence-electron chi connectivity index (χ0n) is 16.1. The molecular formula is C21H22ClN3O3. The van der Waals surface area contributed by atoms with Crippen LogP contribution in [0.4, 0.5) is 0 Å². The molecule has 0 N–H and O–H groups in total. The summed E-state index contributed by atoms with van der Waals surface area (Å²) < 4.78 is 6.78. The van der Waals surface area contributed by atoms with Crippen molar-refractivity contribution in [2.24, 2.45) is 0 Å². The number of halogens is 1. The molecule has 0 saturated heterocycles. The SMILES string of the molecule is CCC(c1nc2ccccc2c(=O)n1-c1ccc(OC)cc1)N(C)C(=O)CCl. The Labute approximate surface area is 168 Å². The van der Waals surface area contributed by atoms with Crippen molar-refractivity contribution in [3.8, 4) is 11.4 Å². The monoisotopic (exact) mass is 399 g/mol. The highest BCUT2D eigenvalue weighted by atomic mass is 35.5. The van der Waals surface area contributed by atoms with Crippen LogP contribution in [0.15, 0.2) is 53.3 Å². The molecule has 1 atom stereocenters. The molecule has 0 fully saturated rings. The standard InChI is InChI=1S/C21H22ClN3O3/c1-4-18(24(2)19(26)13-22)20-23-17-8-6-5-7-16(17)21(27)25(20)14-9-11-15(28-3)12-10-14/h5-12,18H,4,13H2,1-3H3. The van der Waals surface area contributed by atoms with Crippen LogP contribution in [0.3, 0.4) is 0 Å². The third-order valence-corrected chi connectivity index (χ3v) is 5.02. The summed E-state index contributed by atoms with van der Waals surface area (Å²) in [5.74, 6) is 0.830. The maximum absolute atomic E-state index is 13.3. The fourth-order valence-electron chi connectivity index (χ4n) is 3.25. The van der Waals surface area contributed by atoms with Gasteiger partial charge in [-0.1, -0.05) is 19.1 Å². The summed E-state index contributed by atoms with van der Waals surface area (Å²) in [5, 5.41) is 0.517. The van der Waals surface area contributed by atoms with Gasteiger partial charge in [0.15, 0.2) is 0 Å². The van der Waals surface area contributed by atoms with Crippen LogP contribution in [-0.4, -0.2) is 40.4 Å². The Morgan fingerprint density at radius 3 is 2.50 bits per heavy atom. The number of para-hydroxylation sites is 1. The number of benzene rings is 2. The molecular weight excluding hydrogens is 378 g/mol. The van der Waals surface area contributed by atoms with Crippen molar-refractivity contribution >= 4 is 28.4 Å². The third kappa shape index (κ3) is 3.60. The highest BCUT2D eigenvalue weighted by molar-refractivity contribution is 6.27. The van der Waals surface area contributed by atoms with Crippen molar-refractivity contribution in [2.45, 2.75) is 19.4 Å². The quantitative estimate of drug-likeness (QED) is 0.595. The molecule has 28 heavy (non-hydrogen) atoms. The van der Waals surface area contributed by atoms with Gasteiger partial charge in [-0.2, -0.15) is 0 Å². The largest absolute Gasteiger partial charge is 0.497 e. The number of aromatic nitrogens is 2. The Bertz CT molecular complexity index is 1050. The molecule has 1 aromatic heterocycles. The van der Waals surface area contributed by atoms with Gasteiger partial charge in [-0.25, -0.2) is 4.98 Å². The first-order valence-electron chi connectivity index (χ1n) is 8.99. The molecule has 0 aliphatic carbocycles. The van der Waals surface area contributed by atoms with E-state index in [9.17, 15) is 9.59 Å². The number of nitrogens with zero attached hydrogens (tertiary/aromatic N) is 3. The number of carbonyl (C=O) groups excluding carboxylic acids is 1.